The second-order valence-corrected chi connectivity index (χ2v) is 9.37. The molecule has 1 aliphatic carbocycles. The standard InChI is InChI=1S/C21H27FN2O/c1-13-17(19(25)16-7-14(22)5-6-18(16)23-13)10-24-12-21(4)9-15(24)8-20(2,3)11-21/h5-7,15H,8-12H2,1-4H3,(H,23,25). The lowest BCUT2D eigenvalue weighted by atomic mass is 9.65. The Kier molecular flexibility index (Phi) is 3.63. The second kappa shape index (κ2) is 5.41. The summed E-state index contributed by atoms with van der Waals surface area (Å²) in [6.45, 7) is 10.8. The number of benzene rings is 1. The number of aromatic amines is 1. The molecule has 25 heavy (non-hydrogen) atoms. The van der Waals surface area contributed by atoms with Crippen LogP contribution in [0.4, 0.5) is 4.39 Å². The van der Waals surface area contributed by atoms with E-state index in [1.54, 1.807) is 6.07 Å². The van der Waals surface area contributed by atoms with E-state index in [9.17, 15) is 9.18 Å². The fourth-order valence-electron chi connectivity index (χ4n) is 5.58. The number of pyridine rings is 1. The zero-order valence-corrected chi connectivity index (χ0v) is 15.6. The molecule has 134 valence electrons. The number of fused-ring (bicyclic) bond motifs is 3. The van der Waals surface area contributed by atoms with E-state index in [1.807, 2.05) is 6.92 Å². The van der Waals surface area contributed by atoms with Crippen molar-refractivity contribution in [3.05, 3.63) is 45.5 Å². The van der Waals surface area contributed by atoms with Gasteiger partial charge >= 0.3 is 0 Å². The predicted octanol–water partition coefficient (Wildman–Crippen LogP) is 4.38. The van der Waals surface area contributed by atoms with Crippen molar-refractivity contribution in [3.8, 4) is 0 Å². The van der Waals surface area contributed by atoms with Crippen molar-refractivity contribution < 1.29 is 4.39 Å². The number of nitrogens with one attached hydrogen (secondary N) is 1. The number of halogens is 1. The Bertz CT molecular complexity index is 901. The number of H-pyrrole nitrogens is 1. The first-order valence-corrected chi connectivity index (χ1v) is 9.21. The third-order valence-electron chi connectivity index (χ3n) is 6.16. The van der Waals surface area contributed by atoms with Crippen molar-refractivity contribution in [1.82, 2.24) is 9.88 Å². The molecule has 2 fully saturated rings. The van der Waals surface area contributed by atoms with Crippen molar-refractivity contribution in [1.29, 1.82) is 0 Å². The van der Waals surface area contributed by atoms with Crippen LogP contribution >= 0.6 is 0 Å². The van der Waals surface area contributed by atoms with Crippen LogP contribution in [0.25, 0.3) is 10.9 Å². The zero-order chi connectivity index (χ0) is 18.0. The first-order valence-electron chi connectivity index (χ1n) is 9.21. The Hall–Kier alpha value is -1.68. The maximum atomic E-state index is 13.6. The van der Waals surface area contributed by atoms with Gasteiger partial charge in [0.15, 0.2) is 5.43 Å². The number of rotatable bonds is 2. The Morgan fingerprint density at radius 3 is 2.80 bits per heavy atom. The highest BCUT2D eigenvalue weighted by molar-refractivity contribution is 5.79. The van der Waals surface area contributed by atoms with E-state index in [1.165, 1.54) is 31.4 Å². The molecular weight excluding hydrogens is 315 g/mol. The van der Waals surface area contributed by atoms with E-state index in [0.717, 1.165) is 17.8 Å². The number of nitrogens with zero attached hydrogens (tertiary/aromatic N) is 1. The smallest absolute Gasteiger partial charge is 0.194 e. The molecule has 0 amide bonds. The van der Waals surface area contributed by atoms with E-state index >= 15 is 0 Å². The highest BCUT2D eigenvalue weighted by atomic mass is 19.1. The summed E-state index contributed by atoms with van der Waals surface area (Å²) in [4.78, 5) is 18.8. The molecule has 1 aromatic heterocycles. The summed E-state index contributed by atoms with van der Waals surface area (Å²) in [6.07, 6.45) is 3.64. The van der Waals surface area contributed by atoms with Gasteiger partial charge in [-0.15, -0.1) is 0 Å². The van der Waals surface area contributed by atoms with Crippen molar-refractivity contribution in [3.63, 3.8) is 0 Å². The first kappa shape index (κ1) is 16.8. The van der Waals surface area contributed by atoms with Gasteiger partial charge in [0.1, 0.15) is 5.82 Å². The topological polar surface area (TPSA) is 36.1 Å². The summed E-state index contributed by atoms with van der Waals surface area (Å²) in [5.41, 5.74) is 3.07. The maximum Gasteiger partial charge on any atom is 0.194 e. The lowest BCUT2D eigenvalue weighted by Crippen LogP contribution is -2.35. The number of likely N-dealkylation sites (tertiary alicyclic amines) is 1. The summed E-state index contributed by atoms with van der Waals surface area (Å²) < 4.78 is 13.6. The molecule has 1 aromatic carbocycles. The molecule has 0 spiro atoms. The molecule has 2 unspecified atom stereocenters. The van der Waals surface area contributed by atoms with Gasteiger partial charge in [0, 0.05) is 41.3 Å². The summed E-state index contributed by atoms with van der Waals surface area (Å²) in [7, 11) is 0. The van der Waals surface area contributed by atoms with Gasteiger partial charge in [-0.25, -0.2) is 4.39 Å². The average Bonchev–Trinajstić information content (AvgIpc) is 2.73. The van der Waals surface area contributed by atoms with E-state index in [-0.39, 0.29) is 11.2 Å². The van der Waals surface area contributed by atoms with Crippen LogP contribution in [-0.2, 0) is 6.54 Å². The van der Waals surface area contributed by atoms with Crippen LogP contribution in [0, 0.1) is 23.6 Å². The summed E-state index contributed by atoms with van der Waals surface area (Å²) >= 11 is 0. The second-order valence-electron chi connectivity index (χ2n) is 9.37. The van der Waals surface area contributed by atoms with E-state index in [2.05, 4.69) is 30.7 Å². The van der Waals surface area contributed by atoms with E-state index < -0.39 is 0 Å². The fourth-order valence-corrected chi connectivity index (χ4v) is 5.58. The van der Waals surface area contributed by atoms with Gasteiger partial charge in [0.25, 0.3) is 0 Å². The molecule has 2 bridgehead atoms. The minimum Gasteiger partial charge on any atom is -0.358 e. The Morgan fingerprint density at radius 2 is 2.04 bits per heavy atom. The fraction of sp³-hybridized carbons (Fsp3) is 0.571. The van der Waals surface area contributed by atoms with E-state index in [0.29, 0.717) is 34.3 Å². The molecule has 2 atom stereocenters. The molecule has 2 heterocycles. The van der Waals surface area contributed by atoms with E-state index in [4.69, 9.17) is 0 Å². The van der Waals surface area contributed by atoms with Gasteiger partial charge < -0.3 is 4.98 Å². The van der Waals surface area contributed by atoms with Gasteiger partial charge in [-0.2, -0.15) is 0 Å². The van der Waals surface area contributed by atoms with Crippen LogP contribution < -0.4 is 5.43 Å². The summed E-state index contributed by atoms with van der Waals surface area (Å²) in [5.74, 6) is -0.362. The summed E-state index contributed by atoms with van der Waals surface area (Å²) in [6, 6.07) is 4.93. The van der Waals surface area contributed by atoms with Crippen molar-refractivity contribution in [2.24, 2.45) is 10.8 Å². The first-order chi connectivity index (χ1) is 11.7. The third kappa shape index (κ3) is 2.91. The Morgan fingerprint density at radius 1 is 1.28 bits per heavy atom. The quantitative estimate of drug-likeness (QED) is 0.879. The Balaban J connectivity index is 1.71. The van der Waals surface area contributed by atoms with Gasteiger partial charge in [-0.3, -0.25) is 9.69 Å². The number of hydrogen-bond donors (Lipinski definition) is 1. The van der Waals surface area contributed by atoms with Crippen molar-refractivity contribution in [2.45, 2.75) is 59.5 Å². The zero-order valence-electron chi connectivity index (χ0n) is 15.6. The normalized spacial score (nSPS) is 28.6. The maximum absolute atomic E-state index is 13.6. The van der Waals surface area contributed by atoms with Crippen molar-refractivity contribution in [2.75, 3.05) is 6.54 Å². The minimum atomic E-state index is -0.362. The van der Waals surface area contributed by atoms with Crippen LogP contribution in [0.15, 0.2) is 23.0 Å². The van der Waals surface area contributed by atoms with Crippen LogP contribution in [-0.4, -0.2) is 22.5 Å². The molecule has 1 N–H and O–H groups in total. The monoisotopic (exact) mass is 342 g/mol. The molecule has 4 rings (SSSR count). The van der Waals surface area contributed by atoms with Gasteiger partial charge in [-0.1, -0.05) is 20.8 Å². The van der Waals surface area contributed by atoms with Gasteiger partial charge in [0.2, 0.25) is 0 Å². The van der Waals surface area contributed by atoms with Crippen molar-refractivity contribution >= 4 is 10.9 Å². The van der Waals surface area contributed by atoms with Crippen LogP contribution in [0.3, 0.4) is 0 Å². The molecule has 0 radical (unpaired) electrons. The Labute approximate surface area is 148 Å². The van der Waals surface area contributed by atoms with Crippen LogP contribution in [0.5, 0.6) is 0 Å². The molecule has 1 saturated heterocycles. The molecule has 2 aliphatic rings. The highest BCUT2D eigenvalue weighted by Crippen LogP contribution is 2.52. The lowest BCUT2D eigenvalue weighted by molar-refractivity contribution is 0.126. The van der Waals surface area contributed by atoms with Gasteiger partial charge in [-0.05, 0) is 55.2 Å². The largest absolute Gasteiger partial charge is 0.358 e. The number of aryl methyl sites for hydroxylation is 1. The number of hydrogen-bond acceptors (Lipinski definition) is 2. The summed E-state index contributed by atoms with van der Waals surface area (Å²) in [5, 5.41) is 0.453. The molecule has 1 aliphatic heterocycles. The minimum absolute atomic E-state index is 0.0309. The van der Waals surface area contributed by atoms with Crippen LogP contribution in [0.2, 0.25) is 0 Å². The molecule has 3 nitrogen and oxygen atoms in total. The van der Waals surface area contributed by atoms with Gasteiger partial charge in [0.05, 0.1) is 0 Å². The molecular formula is C21H27FN2O. The SMILES string of the molecule is Cc1[nH]c2ccc(F)cc2c(=O)c1CN1CC2(C)CC1CC(C)(C)C2. The third-order valence-corrected chi connectivity index (χ3v) is 6.16. The molecule has 1 saturated carbocycles. The lowest BCUT2D eigenvalue weighted by Gasteiger charge is -2.40. The van der Waals surface area contributed by atoms with Crippen LogP contribution in [0.1, 0.15) is 51.3 Å². The molecule has 4 heteroatoms. The highest BCUT2D eigenvalue weighted by Gasteiger charge is 2.49. The average molecular weight is 342 g/mol. The molecule has 2 aromatic rings. The number of aromatic nitrogens is 1. The predicted molar refractivity (Wildman–Crippen MR) is 99.2 cm³/mol.